The number of carbonyl (C=O) groups excluding carboxylic acids is 1. The summed E-state index contributed by atoms with van der Waals surface area (Å²) in [4.78, 5) is 15.4. The van der Waals surface area contributed by atoms with Crippen molar-refractivity contribution in [2.24, 2.45) is 0 Å². The van der Waals surface area contributed by atoms with E-state index in [2.05, 4.69) is 52.3 Å². The Morgan fingerprint density at radius 2 is 1.40 bits per heavy atom. The lowest BCUT2D eigenvalue weighted by Gasteiger charge is -2.29. The molecule has 0 N–H and O–H groups in total. The first-order valence-electron chi connectivity index (χ1n) is 9.11. The second-order valence-electron chi connectivity index (χ2n) is 7.54. The maximum absolute atomic E-state index is 13.4. The van der Waals surface area contributed by atoms with Gasteiger partial charge in [0.05, 0.1) is 33.6 Å². The van der Waals surface area contributed by atoms with Crippen LogP contribution < -0.4 is 0 Å². The summed E-state index contributed by atoms with van der Waals surface area (Å²) in [7, 11) is 6.57. The second kappa shape index (κ2) is 8.82. The van der Waals surface area contributed by atoms with Crippen molar-refractivity contribution in [2.75, 3.05) is 40.8 Å². The summed E-state index contributed by atoms with van der Waals surface area (Å²) in [5.74, 6) is -0.0345. The molecule has 2 rings (SSSR count). The molecule has 0 aliphatic heterocycles. The number of quaternary nitrogens is 1. The van der Waals surface area contributed by atoms with Crippen molar-refractivity contribution in [3.63, 3.8) is 0 Å². The monoisotopic (exact) mass is 339 g/mol. The van der Waals surface area contributed by atoms with Gasteiger partial charge in [-0.2, -0.15) is 0 Å². The van der Waals surface area contributed by atoms with Crippen molar-refractivity contribution in [3.8, 4) is 0 Å². The van der Waals surface area contributed by atoms with Crippen LogP contribution in [0.1, 0.15) is 30.4 Å². The third-order valence-electron chi connectivity index (χ3n) is 4.46. The third-order valence-corrected chi connectivity index (χ3v) is 4.46. The van der Waals surface area contributed by atoms with Gasteiger partial charge in [-0.05, 0) is 18.1 Å². The van der Waals surface area contributed by atoms with Gasteiger partial charge in [0.2, 0.25) is 5.91 Å². The maximum atomic E-state index is 13.4. The molecule has 2 aromatic carbocycles. The van der Waals surface area contributed by atoms with E-state index in [0.717, 1.165) is 41.7 Å². The molecule has 0 bridgehead atoms. The van der Waals surface area contributed by atoms with E-state index in [-0.39, 0.29) is 11.8 Å². The summed E-state index contributed by atoms with van der Waals surface area (Å²) in [6.07, 6.45) is 1.01. The van der Waals surface area contributed by atoms with Crippen molar-refractivity contribution in [2.45, 2.75) is 19.3 Å². The Hall–Kier alpha value is -2.13. The van der Waals surface area contributed by atoms with Crippen LogP contribution in [0, 0.1) is 0 Å². The van der Waals surface area contributed by atoms with E-state index in [1.165, 1.54) is 0 Å². The van der Waals surface area contributed by atoms with E-state index in [1.54, 1.807) is 0 Å². The SMILES string of the molecule is CCN(CCC[N+](C)(C)C)C(=O)C(c1ccccc1)c1ccccc1. The molecule has 0 saturated carbocycles. The Kier molecular flexibility index (Phi) is 6.77. The highest BCUT2D eigenvalue weighted by Crippen LogP contribution is 2.27. The Bertz CT molecular complexity index is 607. The van der Waals surface area contributed by atoms with Crippen molar-refractivity contribution >= 4 is 5.91 Å². The topological polar surface area (TPSA) is 20.3 Å². The number of amides is 1. The summed E-state index contributed by atoms with van der Waals surface area (Å²) in [5, 5.41) is 0. The van der Waals surface area contributed by atoms with E-state index in [1.807, 2.05) is 41.3 Å². The van der Waals surface area contributed by atoms with E-state index >= 15 is 0 Å². The molecule has 0 spiro atoms. The van der Waals surface area contributed by atoms with Gasteiger partial charge in [0.1, 0.15) is 0 Å². The highest BCUT2D eigenvalue weighted by Gasteiger charge is 2.26. The number of benzene rings is 2. The van der Waals surface area contributed by atoms with Crippen molar-refractivity contribution in [1.82, 2.24) is 4.90 Å². The lowest BCUT2D eigenvalue weighted by atomic mass is 9.90. The molecule has 0 unspecified atom stereocenters. The summed E-state index contributed by atoms with van der Waals surface area (Å²) in [6, 6.07) is 20.2. The van der Waals surface area contributed by atoms with Gasteiger partial charge in [-0.15, -0.1) is 0 Å². The highest BCUT2D eigenvalue weighted by molar-refractivity contribution is 5.87. The molecule has 0 fully saturated rings. The smallest absolute Gasteiger partial charge is 0.234 e. The molecule has 0 heterocycles. The zero-order valence-corrected chi connectivity index (χ0v) is 16.0. The average molecular weight is 340 g/mol. The molecule has 0 aliphatic rings. The number of carbonyl (C=O) groups is 1. The molecule has 1 amide bonds. The molecule has 0 aliphatic carbocycles. The van der Waals surface area contributed by atoms with Gasteiger partial charge in [0, 0.05) is 19.5 Å². The molecule has 0 radical (unpaired) electrons. The molecule has 2 aromatic rings. The van der Waals surface area contributed by atoms with Gasteiger partial charge in [0.25, 0.3) is 0 Å². The van der Waals surface area contributed by atoms with Crippen LogP contribution in [0.25, 0.3) is 0 Å². The summed E-state index contributed by atoms with van der Waals surface area (Å²) in [5.41, 5.74) is 2.12. The van der Waals surface area contributed by atoms with Crippen LogP contribution in [0.15, 0.2) is 60.7 Å². The van der Waals surface area contributed by atoms with Crippen LogP contribution in [0.3, 0.4) is 0 Å². The first-order chi connectivity index (χ1) is 11.9. The molecule has 3 heteroatoms. The first-order valence-corrected chi connectivity index (χ1v) is 9.11. The second-order valence-corrected chi connectivity index (χ2v) is 7.54. The summed E-state index contributed by atoms with van der Waals surface area (Å²) < 4.78 is 0.923. The first kappa shape index (κ1) is 19.2. The van der Waals surface area contributed by atoms with Crippen LogP contribution in [0.5, 0.6) is 0 Å². The number of hydrogen-bond acceptors (Lipinski definition) is 1. The Balaban J connectivity index is 2.22. The fourth-order valence-electron chi connectivity index (χ4n) is 3.11. The summed E-state index contributed by atoms with van der Waals surface area (Å²) in [6.45, 7) is 4.68. The highest BCUT2D eigenvalue weighted by atomic mass is 16.2. The quantitative estimate of drug-likeness (QED) is 0.671. The lowest BCUT2D eigenvalue weighted by molar-refractivity contribution is -0.870. The van der Waals surface area contributed by atoms with E-state index in [4.69, 9.17) is 0 Å². The zero-order valence-electron chi connectivity index (χ0n) is 16.0. The minimum absolute atomic E-state index is 0.196. The van der Waals surface area contributed by atoms with Gasteiger partial charge in [-0.25, -0.2) is 0 Å². The molecule has 134 valence electrons. The maximum Gasteiger partial charge on any atom is 0.234 e. The van der Waals surface area contributed by atoms with Gasteiger partial charge in [-0.1, -0.05) is 60.7 Å². The van der Waals surface area contributed by atoms with Crippen LogP contribution in [0.4, 0.5) is 0 Å². The standard InChI is InChI=1S/C22H31N2O/c1-5-23(17-12-18-24(2,3)4)22(25)21(19-13-8-6-9-14-19)20-15-10-7-11-16-20/h6-11,13-16,21H,5,12,17-18H2,1-4H3/q+1. The Morgan fingerprint density at radius 1 is 0.920 bits per heavy atom. The number of nitrogens with zero attached hydrogens (tertiary/aromatic N) is 2. The number of likely N-dealkylation sites (N-methyl/N-ethyl adjacent to an activating group) is 1. The minimum Gasteiger partial charge on any atom is -0.342 e. The normalized spacial score (nSPS) is 11.6. The van der Waals surface area contributed by atoms with Crippen molar-refractivity contribution < 1.29 is 9.28 Å². The van der Waals surface area contributed by atoms with Crippen LogP contribution in [0.2, 0.25) is 0 Å². The van der Waals surface area contributed by atoms with Crippen LogP contribution in [-0.2, 0) is 4.79 Å². The third kappa shape index (κ3) is 5.71. The molecular formula is C22H31N2O+. The van der Waals surface area contributed by atoms with Gasteiger partial charge >= 0.3 is 0 Å². The minimum atomic E-state index is -0.230. The number of rotatable bonds is 8. The molecule has 25 heavy (non-hydrogen) atoms. The predicted octanol–water partition coefficient (Wildman–Crippen LogP) is 3.76. The Labute approximate surface area is 152 Å². The molecule has 0 atom stereocenters. The average Bonchev–Trinajstić information content (AvgIpc) is 2.60. The zero-order chi connectivity index (χ0) is 18.3. The number of hydrogen-bond donors (Lipinski definition) is 0. The fourth-order valence-corrected chi connectivity index (χ4v) is 3.11. The molecular weight excluding hydrogens is 308 g/mol. The van der Waals surface area contributed by atoms with Crippen molar-refractivity contribution in [3.05, 3.63) is 71.8 Å². The fraction of sp³-hybridized carbons (Fsp3) is 0.409. The van der Waals surface area contributed by atoms with Crippen molar-refractivity contribution in [1.29, 1.82) is 0 Å². The summed E-state index contributed by atoms with van der Waals surface area (Å²) >= 11 is 0. The van der Waals surface area contributed by atoms with Gasteiger partial charge in [0.15, 0.2) is 0 Å². The lowest BCUT2D eigenvalue weighted by Crippen LogP contribution is -2.40. The largest absolute Gasteiger partial charge is 0.342 e. The van der Waals surface area contributed by atoms with E-state index < -0.39 is 0 Å². The van der Waals surface area contributed by atoms with Gasteiger partial charge in [-0.3, -0.25) is 4.79 Å². The molecule has 0 aromatic heterocycles. The van der Waals surface area contributed by atoms with Gasteiger partial charge < -0.3 is 9.38 Å². The van der Waals surface area contributed by atoms with E-state index in [9.17, 15) is 4.79 Å². The molecule has 3 nitrogen and oxygen atoms in total. The Morgan fingerprint density at radius 3 is 1.80 bits per heavy atom. The van der Waals surface area contributed by atoms with E-state index in [0.29, 0.717) is 0 Å². The molecule has 0 saturated heterocycles. The van der Waals surface area contributed by atoms with Crippen LogP contribution >= 0.6 is 0 Å². The van der Waals surface area contributed by atoms with Crippen LogP contribution in [-0.4, -0.2) is 56.1 Å². The predicted molar refractivity (Wildman–Crippen MR) is 104 cm³/mol.